The van der Waals surface area contributed by atoms with E-state index in [1.165, 1.54) is 23.1 Å². The van der Waals surface area contributed by atoms with Gasteiger partial charge in [0, 0.05) is 29.7 Å². The molecule has 2 rings (SSSR count). The fourth-order valence-electron chi connectivity index (χ4n) is 3.26. The van der Waals surface area contributed by atoms with Crippen LogP contribution >= 0.6 is 11.6 Å². The first-order chi connectivity index (χ1) is 16.3. The molecule has 0 aliphatic rings. The number of hydrogen-bond donors (Lipinski definition) is 1. The number of carbonyl (C=O) groups is 2. The molecule has 2 atom stereocenters. The minimum Gasteiger partial charge on any atom is -0.352 e. The number of amides is 2. The summed E-state index contributed by atoms with van der Waals surface area (Å²) >= 11 is 6.08. The molecule has 2 amide bonds. The van der Waals surface area contributed by atoms with Crippen LogP contribution in [-0.4, -0.2) is 54.9 Å². The van der Waals surface area contributed by atoms with Crippen LogP contribution in [0.15, 0.2) is 48.5 Å². The number of hydrogen-bond acceptors (Lipinski definition) is 6. The summed E-state index contributed by atoms with van der Waals surface area (Å²) in [5.41, 5.74) is 0.297. The minimum absolute atomic E-state index is 0.00102. The van der Waals surface area contributed by atoms with Crippen molar-refractivity contribution in [2.45, 2.75) is 45.8 Å². The summed E-state index contributed by atoms with van der Waals surface area (Å²) in [5, 5.41) is 14.4. The van der Waals surface area contributed by atoms with Crippen LogP contribution in [0.1, 0.15) is 32.8 Å². The maximum absolute atomic E-state index is 13.5. The molecule has 0 spiro atoms. The lowest BCUT2D eigenvalue weighted by atomic mass is 10.1. The van der Waals surface area contributed by atoms with E-state index in [1.54, 1.807) is 31.2 Å². The van der Waals surface area contributed by atoms with Gasteiger partial charge < -0.3 is 10.2 Å². The van der Waals surface area contributed by atoms with Crippen molar-refractivity contribution >= 4 is 44.8 Å². The summed E-state index contributed by atoms with van der Waals surface area (Å²) < 4.78 is 25.9. The van der Waals surface area contributed by atoms with E-state index in [0.29, 0.717) is 17.0 Å². The lowest BCUT2D eigenvalue weighted by Gasteiger charge is -2.32. The number of non-ortho nitro benzene ring substituents is 1. The van der Waals surface area contributed by atoms with Gasteiger partial charge in [0.2, 0.25) is 21.8 Å². The van der Waals surface area contributed by atoms with Crippen LogP contribution < -0.4 is 9.62 Å². The van der Waals surface area contributed by atoms with Gasteiger partial charge in [-0.05, 0) is 44.0 Å². The van der Waals surface area contributed by atoms with Gasteiger partial charge in [0.05, 0.1) is 16.9 Å². The van der Waals surface area contributed by atoms with Crippen LogP contribution in [0.4, 0.5) is 11.4 Å². The van der Waals surface area contributed by atoms with Gasteiger partial charge in [0.15, 0.2) is 0 Å². The number of sulfonamides is 1. The average Bonchev–Trinajstić information content (AvgIpc) is 2.79. The molecule has 0 saturated heterocycles. The van der Waals surface area contributed by atoms with Crippen LogP contribution in [-0.2, 0) is 26.2 Å². The summed E-state index contributed by atoms with van der Waals surface area (Å²) in [6.45, 7) is 4.65. The standard InChI is InChI=1S/C23H29ClN4O6S/c1-5-16(2)25-23(30)17(3)26(14-18-8-6-9-19(24)12-18)22(29)15-27(35(4,33)34)20-10-7-11-21(13-20)28(31)32/h6-13,16-17H,5,14-15H2,1-4H3,(H,25,30)/t16-,17+/m0/s1. The van der Waals surface area contributed by atoms with Crippen molar-refractivity contribution in [3.63, 3.8) is 0 Å². The number of halogens is 1. The zero-order valence-corrected chi connectivity index (χ0v) is 21.5. The molecule has 35 heavy (non-hydrogen) atoms. The molecular formula is C23H29ClN4O6S. The second kappa shape index (κ2) is 12.0. The van der Waals surface area contributed by atoms with Crippen molar-refractivity contribution in [3.8, 4) is 0 Å². The lowest BCUT2D eigenvalue weighted by Crippen LogP contribution is -2.52. The number of carbonyl (C=O) groups excluding carboxylic acids is 2. The molecule has 2 aromatic rings. The van der Waals surface area contributed by atoms with Gasteiger partial charge >= 0.3 is 0 Å². The smallest absolute Gasteiger partial charge is 0.271 e. The normalized spacial score (nSPS) is 12.9. The molecule has 0 aliphatic carbocycles. The lowest BCUT2D eigenvalue weighted by molar-refractivity contribution is -0.384. The fourth-order valence-corrected chi connectivity index (χ4v) is 4.31. The van der Waals surface area contributed by atoms with E-state index in [4.69, 9.17) is 11.6 Å². The second-order valence-corrected chi connectivity index (χ2v) is 10.5. The van der Waals surface area contributed by atoms with Crippen molar-refractivity contribution in [2.24, 2.45) is 0 Å². The molecule has 190 valence electrons. The van der Waals surface area contributed by atoms with Gasteiger partial charge in [-0.15, -0.1) is 0 Å². The number of benzene rings is 2. The maximum Gasteiger partial charge on any atom is 0.271 e. The highest BCUT2D eigenvalue weighted by Gasteiger charge is 2.31. The minimum atomic E-state index is -4.00. The van der Waals surface area contributed by atoms with Crippen molar-refractivity contribution in [2.75, 3.05) is 17.1 Å². The molecule has 0 heterocycles. The van der Waals surface area contributed by atoms with Crippen LogP contribution in [0.3, 0.4) is 0 Å². The Hall–Kier alpha value is -3.18. The molecule has 0 aromatic heterocycles. The van der Waals surface area contributed by atoms with Gasteiger partial charge in [-0.25, -0.2) is 8.42 Å². The van der Waals surface area contributed by atoms with Gasteiger partial charge in [-0.2, -0.15) is 0 Å². The van der Waals surface area contributed by atoms with Crippen LogP contribution in [0.5, 0.6) is 0 Å². The average molecular weight is 525 g/mol. The first-order valence-electron chi connectivity index (χ1n) is 10.9. The number of nitrogens with one attached hydrogen (secondary N) is 1. The van der Waals surface area contributed by atoms with Crippen LogP contribution in [0, 0.1) is 10.1 Å². The Kier molecular flexibility index (Phi) is 9.61. The maximum atomic E-state index is 13.5. The van der Waals surface area contributed by atoms with Gasteiger partial charge in [0.25, 0.3) is 5.69 Å². The molecule has 0 unspecified atom stereocenters. The molecule has 1 N–H and O–H groups in total. The summed E-state index contributed by atoms with van der Waals surface area (Å²) in [6.07, 6.45) is 1.59. The molecule has 2 aromatic carbocycles. The van der Waals surface area contributed by atoms with Crippen molar-refractivity contribution in [3.05, 3.63) is 69.2 Å². The van der Waals surface area contributed by atoms with Crippen molar-refractivity contribution < 1.29 is 22.9 Å². The number of nitro groups is 1. The predicted octanol–water partition coefficient (Wildman–Crippen LogP) is 3.35. The van der Waals surface area contributed by atoms with E-state index in [-0.39, 0.29) is 24.0 Å². The highest BCUT2D eigenvalue weighted by Crippen LogP contribution is 2.24. The Morgan fingerprint density at radius 2 is 1.80 bits per heavy atom. The van der Waals surface area contributed by atoms with Crippen LogP contribution in [0.25, 0.3) is 0 Å². The summed E-state index contributed by atoms with van der Waals surface area (Å²) in [4.78, 5) is 38.1. The molecular weight excluding hydrogens is 496 g/mol. The Bertz CT molecular complexity index is 1190. The first-order valence-corrected chi connectivity index (χ1v) is 13.1. The molecule has 10 nitrogen and oxygen atoms in total. The molecule has 12 heteroatoms. The topological polar surface area (TPSA) is 130 Å². The van der Waals surface area contributed by atoms with Crippen molar-refractivity contribution in [1.82, 2.24) is 10.2 Å². The summed E-state index contributed by atoms with van der Waals surface area (Å²) in [6, 6.07) is 10.7. The zero-order chi connectivity index (χ0) is 26.3. The van der Waals surface area contributed by atoms with Gasteiger partial charge in [-0.1, -0.05) is 36.7 Å². The Morgan fingerprint density at radius 3 is 2.37 bits per heavy atom. The third kappa shape index (κ3) is 7.93. The fraction of sp³-hybridized carbons (Fsp3) is 0.391. The third-order valence-corrected chi connectivity index (χ3v) is 6.79. The van der Waals surface area contributed by atoms with E-state index in [2.05, 4.69) is 5.32 Å². The van der Waals surface area contributed by atoms with E-state index >= 15 is 0 Å². The van der Waals surface area contributed by atoms with Crippen LogP contribution in [0.2, 0.25) is 5.02 Å². The summed E-state index contributed by atoms with van der Waals surface area (Å²) in [7, 11) is -4.00. The SMILES string of the molecule is CC[C@H](C)NC(=O)[C@@H](C)N(Cc1cccc(Cl)c1)C(=O)CN(c1cccc([N+](=O)[O-])c1)S(C)(=O)=O. The number of nitrogens with zero attached hydrogens (tertiary/aromatic N) is 3. The number of anilines is 1. The Labute approximate surface area is 210 Å². The summed E-state index contributed by atoms with van der Waals surface area (Å²) in [5.74, 6) is -1.05. The first kappa shape index (κ1) is 28.1. The molecule has 0 saturated carbocycles. The largest absolute Gasteiger partial charge is 0.352 e. The molecule has 0 radical (unpaired) electrons. The van der Waals surface area contributed by atoms with E-state index < -0.39 is 39.3 Å². The highest BCUT2D eigenvalue weighted by atomic mass is 35.5. The predicted molar refractivity (Wildman–Crippen MR) is 135 cm³/mol. The van der Waals surface area contributed by atoms with Crippen molar-refractivity contribution in [1.29, 1.82) is 0 Å². The van der Waals surface area contributed by atoms with Gasteiger partial charge in [0.1, 0.15) is 12.6 Å². The van der Waals surface area contributed by atoms with E-state index in [0.717, 1.165) is 16.6 Å². The highest BCUT2D eigenvalue weighted by molar-refractivity contribution is 7.92. The quantitative estimate of drug-likeness (QED) is 0.354. The van der Waals surface area contributed by atoms with Gasteiger partial charge in [-0.3, -0.25) is 24.0 Å². The zero-order valence-electron chi connectivity index (χ0n) is 20.0. The van der Waals surface area contributed by atoms with E-state index in [1.807, 2.05) is 13.8 Å². The second-order valence-electron chi connectivity index (χ2n) is 8.19. The Morgan fingerprint density at radius 1 is 1.14 bits per heavy atom. The third-order valence-electron chi connectivity index (χ3n) is 5.42. The number of rotatable bonds is 11. The number of nitro benzene ring substituents is 1. The monoisotopic (exact) mass is 524 g/mol. The molecule has 0 fully saturated rings. The van der Waals surface area contributed by atoms with E-state index in [9.17, 15) is 28.1 Å². The molecule has 0 bridgehead atoms. The molecule has 0 aliphatic heterocycles. The Balaban J connectivity index is 2.43.